The second-order valence-electron chi connectivity index (χ2n) is 7.63. The van der Waals surface area contributed by atoms with Gasteiger partial charge in [-0.05, 0) is 44.2 Å². The van der Waals surface area contributed by atoms with Crippen molar-refractivity contribution in [2.45, 2.75) is 18.7 Å². The molecule has 0 atom stereocenters. The molecule has 0 saturated heterocycles. The van der Waals surface area contributed by atoms with Crippen molar-refractivity contribution in [2.75, 3.05) is 4.72 Å². The Morgan fingerprint density at radius 3 is 2.06 bits per heavy atom. The molecule has 4 aromatic carbocycles. The maximum atomic E-state index is 12.9. The number of amides is 1. The van der Waals surface area contributed by atoms with Crippen LogP contribution in [0.3, 0.4) is 0 Å². The summed E-state index contributed by atoms with van der Waals surface area (Å²) in [6.45, 7) is 3.77. The molecule has 0 radical (unpaired) electrons. The molecule has 7 nitrogen and oxygen atoms in total. The zero-order valence-corrected chi connectivity index (χ0v) is 18.8. The van der Waals surface area contributed by atoms with Gasteiger partial charge in [-0.25, -0.2) is 8.42 Å². The van der Waals surface area contributed by atoms with Crippen molar-refractivity contribution in [1.82, 2.24) is 0 Å². The number of sulfonamides is 1. The Morgan fingerprint density at radius 2 is 1.42 bits per heavy atom. The van der Waals surface area contributed by atoms with Crippen LogP contribution in [0.25, 0.3) is 10.8 Å². The Balaban J connectivity index is 1.74. The third kappa shape index (κ3) is 4.75. The zero-order valence-electron chi connectivity index (χ0n) is 18.0. The fraction of sp³-hybridized carbons (Fsp3) is 0.0800. The molecule has 4 aromatic rings. The Kier molecular flexibility index (Phi) is 5.93. The molecular weight excluding hydrogens is 438 g/mol. The van der Waals surface area contributed by atoms with Crippen molar-refractivity contribution in [1.29, 1.82) is 0 Å². The highest BCUT2D eigenvalue weighted by Crippen LogP contribution is 2.40. The largest absolute Gasteiger partial charge is 0.505 e. The van der Waals surface area contributed by atoms with Gasteiger partial charge in [0.2, 0.25) is 0 Å². The van der Waals surface area contributed by atoms with Crippen LogP contribution in [0, 0.1) is 13.8 Å². The second-order valence-corrected chi connectivity index (χ2v) is 9.31. The number of anilines is 1. The molecule has 0 unspecified atom stereocenters. The number of hydrogen-bond donors (Lipinski definition) is 2. The van der Waals surface area contributed by atoms with Crippen LogP contribution in [0.15, 0.2) is 94.0 Å². The number of nitrogens with zero attached hydrogens (tertiary/aromatic N) is 2. The number of benzene rings is 4. The van der Waals surface area contributed by atoms with Crippen molar-refractivity contribution < 1.29 is 18.3 Å². The Labute approximate surface area is 191 Å². The minimum Gasteiger partial charge on any atom is -0.505 e. The number of phenols is 1. The number of hydrogen-bond acceptors (Lipinski definition) is 5. The lowest BCUT2D eigenvalue weighted by Gasteiger charge is -2.13. The van der Waals surface area contributed by atoms with E-state index in [9.17, 15) is 18.3 Å². The first kappa shape index (κ1) is 22.2. The summed E-state index contributed by atoms with van der Waals surface area (Å²) in [5.74, 6) is -0.784. The van der Waals surface area contributed by atoms with E-state index in [1.807, 2.05) is 13.8 Å². The first-order valence-electron chi connectivity index (χ1n) is 10.1. The number of rotatable bonds is 5. The van der Waals surface area contributed by atoms with Crippen LogP contribution in [0.4, 0.5) is 11.4 Å². The molecule has 8 heteroatoms. The predicted molar refractivity (Wildman–Crippen MR) is 128 cm³/mol. The van der Waals surface area contributed by atoms with E-state index in [0.717, 1.165) is 11.1 Å². The van der Waals surface area contributed by atoms with E-state index >= 15 is 0 Å². The lowest BCUT2D eigenvalue weighted by molar-refractivity contribution is 0.0995. The average molecular weight is 460 g/mol. The SMILES string of the molecule is Cc1ccc(C(=O)N=Nc2cc(NS(=O)(=O)c3ccc(C)cc3)c3ccccc3c2O)cc1. The summed E-state index contributed by atoms with van der Waals surface area (Å²) in [7, 11) is -3.90. The maximum Gasteiger partial charge on any atom is 0.295 e. The standard InChI is InChI=1S/C25H21N3O4S/c1-16-7-11-18(12-8-16)25(30)27-26-23-15-22(20-5-3-4-6-21(20)24(23)29)28-33(31,32)19-13-9-17(2)10-14-19/h3-15,28-29H,1-2H3. The van der Waals surface area contributed by atoms with Crippen molar-refractivity contribution >= 4 is 38.1 Å². The lowest BCUT2D eigenvalue weighted by Crippen LogP contribution is -2.13. The van der Waals surface area contributed by atoms with Gasteiger partial charge < -0.3 is 5.11 Å². The van der Waals surface area contributed by atoms with Gasteiger partial charge in [0.05, 0.1) is 10.6 Å². The number of azo groups is 1. The Bertz CT molecular complexity index is 1480. The van der Waals surface area contributed by atoms with Gasteiger partial charge in [-0.3, -0.25) is 9.52 Å². The molecule has 33 heavy (non-hydrogen) atoms. The summed E-state index contributed by atoms with van der Waals surface area (Å²) in [4.78, 5) is 12.5. The van der Waals surface area contributed by atoms with E-state index in [1.54, 1.807) is 60.7 Å². The normalized spacial score (nSPS) is 11.7. The second kappa shape index (κ2) is 8.84. The van der Waals surface area contributed by atoms with Gasteiger partial charge in [-0.1, -0.05) is 59.7 Å². The smallest absolute Gasteiger partial charge is 0.295 e. The molecule has 0 spiro atoms. The lowest BCUT2D eigenvalue weighted by atomic mass is 10.1. The number of aryl methyl sites for hydroxylation is 2. The van der Waals surface area contributed by atoms with Gasteiger partial charge >= 0.3 is 0 Å². The van der Waals surface area contributed by atoms with Crippen molar-refractivity contribution in [2.24, 2.45) is 10.2 Å². The maximum absolute atomic E-state index is 12.9. The highest BCUT2D eigenvalue weighted by Gasteiger charge is 2.18. The summed E-state index contributed by atoms with van der Waals surface area (Å²) >= 11 is 0. The molecule has 0 bridgehead atoms. The minimum atomic E-state index is -3.90. The topological polar surface area (TPSA) is 108 Å². The third-order valence-corrected chi connectivity index (χ3v) is 6.50. The highest BCUT2D eigenvalue weighted by molar-refractivity contribution is 7.92. The zero-order chi connectivity index (χ0) is 23.6. The summed E-state index contributed by atoms with van der Waals surface area (Å²) in [6, 6.07) is 21.4. The first-order chi connectivity index (χ1) is 15.7. The molecule has 2 N–H and O–H groups in total. The highest BCUT2D eigenvalue weighted by atomic mass is 32.2. The molecule has 0 heterocycles. The molecule has 0 aliphatic heterocycles. The Morgan fingerprint density at radius 1 is 0.848 bits per heavy atom. The molecule has 0 aromatic heterocycles. The number of carbonyl (C=O) groups is 1. The summed E-state index contributed by atoms with van der Waals surface area (Å²) in [5.41, 5.74) is 2.47. The van der Waals surface area contributed by atoms with Crippen LogP contribution in [0.1, 0.15) is 21.5 Å². The van der Waals surface area contributed by atoms with Crippen molar-refractivity contribution in [3.63, 3.8) is 0 Å². The fourth-order valence-corrected chi connectivity index (χ4v) is 4.35. The molecule has 166 valence electrons. The predicted octanol–water partition coefficient (Wildman–Crippen LogP) is 5.89. The van der Waals surface area contributed by atoms with E-state index in [0.29, 0.717) is 16.3 Å². The van der Waals surface area contributed by atoms with E-state index in [2.05, 4.69) is 15.0 Å². The number of phenolic OH excluding ortho intramolecular Hbond substituents is 1. The van der Waals surface area contributed by atoms with Crippen molar-refractivity contribution in [3.05, 3.63) is 95.6 Å². The van der Waals surface area contributed by atoms with Crippen LogP contribution in [0.2, 0.25) is 0 Å². The van der Waals surface area contributed by atoms with E-state index in [4.69, 9.17) is 0 Å². The fourth-order valence-electron chi connectivity index (χ4n) is 3.28. The number of aromatic hydroxyl groups is 1. The van der Waals surface area contributed by atoms with E-state index < -0.39 is 15.9 Å². The molecule has 0 fully saturated rings. The summed E-state index contributed by atoms with van der Waals surface area (Å²) in [5, 5.41) is 19.2. The molecule has 0 aliphatic rings. The van der Waals surface area contributed by atoms with Crippen LogP contribution >= 0.6 is 0 Å². The van der Waals surface area contributed by atoms with Crippen LogP contribution in [-0.2, 0) is 10.0 Å². The molecule has 0 saturated carbocycles. The Hall–Kier alpha value is -4.04. The van der Waals surface area contributed by atoms with E-state index in [1.165, 1.54) is 18.2 Å². The quantitative estimate of drug-likeness (QED) is 0.287. The van der Waals surface area contributed by atoms with Gasteiger partial charge in [0, 0.05) is 16.3 Å². The van der Waals surface area contributed by atoms with Gasteiger partial charge in [-0.2, -0.15) is 0 Å². The molecular formula is C25H21N3O4S. The monoisotopic (exact) mass is 459 g/mol. The van der Waals surface area contributed by atoms with Gasteiger partial charge in [-0.15, -0.1) is 10.2 Å². The molecule has 4 rings (SSSR count). The first-order valence-corrected chi connectivity index (χ1v) is 11.6. The molecule has 1 amide bonds. The molecule has 0 aliphatic carbocycles. The van der Waals surface area contributed by atoms with Gasteiger partial charge in [0.1, 0.15) is 5.69 Å². The summed E-state index contributed by atoms with van der Waals surface area (Å²) < 4.78 is 28.5. The number of nitrogens with one attached hydrogen (secondary N) is 1. The number of carbonyl (C=O) groups excluding carboxylic acids is 1. The summed E-state index contributed by atoms with van der Waals surface area (Å²) in [6.07, 6.45) is 0. The number of fused-ring (bicyclic) bond motifs is 1. The van der Waals surface area contributed by atoms with Gasteiger partial charge in [0.25, 0.3) is 15.9 Å². The minimum absolute atomic E-state index is 0.0317. The van der Waals surface area contributed by atoms with Crippen LogP contribution < -0.4 is 4.72 Å². The van der Waals surface area contributed by atoms with Crippen LogP contribution in [0.5, 0.6) is 5.75 Å². The van der Waals surface area contributed by atoms with E-state index in [-0.39, 0.29) is 22.0 Å². The van der Waals surface area contributed by atoms with Gasteiger partial charge in [0.15, 0.2) is 5.75 Å². The van der Waals surface area contributed by atoms with Crippen LogP contribution in [-0.4, -0.2) is 19.4 Å². The van der Waals surface area contributed by atoms with Crippen molar-refractivity contribution in [3.8, 4) is 5.75 Å². The third-order valence-electron chi connectivity index (χ3n) is 5.12. The average Bonchev–Trinajstić information content (AvgIpc) is 2.80.